The van der Waals surface area contributed by atoms with E-state index in [4.69, 9.17) is 4.74 Å². The van der Waals surface area contributed by atoms with Gasteiger partial charge >= 0.3 is 0 Å². The first-order valence-corrected chi connectivity index (χ1v) is 15.7. The lowest BCUT2D eigenvalue weighted by atomic mass is 10.0. The van der Waals surface area contributed by atoms with Gasteiger partial charge in [0.1, 0.15) is 16.8 Å². The number of fused-ring (bicyclic) bond motifs is 1. The molecule has 0 saturated carbocycles. The van der Waals surface area contributed by atoms with Gasteiger partial charge in [0.15, 0.2) is 0 Å². The molecule has 1 aliphatic carbocycles. The Labute approximate surface area is 233 Å². The number of aliphatic hydroxyl groups is 1. The quantitative estimate of drug-likeness (QED) is 0.423. The van der Waals surface area contributed by atoms with Gasteiger partial charge in [-0.05, 0) is 75.4 Å². The van der Waals surface area contributed by atoms with Crippen LogP contribution in [0.3, 0.4) is 0 Å². The molecule has 2 aromatic carbocycles. The van der Waals surface area contributed by atoms with Crippen molar-refractivity contribution >= 4 is 27.1 Å². The Morgan fingerprint density at radius 1 is 1.26 bits per heavy atom. The molecule has 1 saturated heterocycles. The van der Waals surface area contributed by atoms with Crippen LogP contribution in [0.15, 0.2) is 47.0 Å². The Morgan fingerprint density at radius 2 is 2.08 bits per heavy atom. The number of piperidine rings is 1. The van der Waals surface area contributed by atoms with E-state index >= 15 is 0 Å². The Bertz CT molecular complexity index is 1540. The second-order valence-electron chi connectivity index (χ2n) is 10.3. The lowest BCUT2D eigenvalue weighted by Crippen LogP contribution is -2.40. The number of likely N-dealkylation sites (tertiary alicyclic amines) is 1. The molecule has 39 heavy (non-hydrogen) atoms. The van der Waals surface area contributed by atoms with Crippen molar-refractivity contribution < 1.29 is 18.3 Å². The topological polar surface area (TPSA) is 116 Å². The van der Waals surface area contributed by atoms with Crippen LogP contribution in [0.2, 0.25) is 0 Å². The summed E-state index contributed by atoms with van der Waals surface area (Å²) in [6, 6.07) is 13.6. The minimum absolute atomic E-state index is 0.0262. The van der Waals surface area contributed by atoms with Crippen LogP contribution >= 0.6 is 11.3 Å². The number of sulfonamides is 1. The maximum atomic E-state index is 12.9. The molecule has 0 unspecified atom stereocenters. The summed E-state index contributed by atoms with van der Waals surface area (Å²) in [5.41, 5.74) is 4.91. The van der Waals surface area contributed by atoms with Crippen LogP contribution < -0.4 is 4.74 Å². The van der Waals surface area contributed by atoms with E-state index in [1.807, 2.05) is 55.3 Å². The molecule has 1 aromatic heterocycles. The molecule has 8 nitrogen and oxygen atoms in total. The van der Waals surface area contributed by atoms with Crippen molar-refractivity contribution in [3.63, 3.8) is 0 Å². The van der Waals surface area contributed by atoms with Gasteiger partial charge in [-0.2, -0.15) is 9.66 Å². The van der Waals surface area contributed by atoms with Gasteiger partial charge in [0.2, 0.25) is 0 Å². The van der Waals surface area contributed by atoms with E-state index in [0.29, 0.717) is 43.0 Å². The summed E-state index contributed by atoms with van der Waals surface area (Å²) in [4.78, 5) is 7.61. The number of hydrogen-bond donors (Lipinski definition) is 1. The van der Waals surface area contributed by atoms with Crippen LogP contribution in [0.25, 0.3) is 21.0 Å². The van der Waals surface area contributed by atoms with Crippen LogP contribution in [0.1, 0.15) is 49.8 Å². The lowest BCUT2D eigenvalue weighted by Gasteiger charge is -2.29. The van der Waals surface area contributed by atoms with E-state index in [1.54, 1.807) is 6.07 Å². The average molecular weight is 565 g/mol. The average Bonchev–Trinajstić information content (AvgIpc) is 3.55. The minimum atomic E-state index is -3.63. The number of hydrogen-bond acceptors (Lipinski definition) is 8. The van der Waals surface area contributed by atoms with Crippen molar-refractivity contribution in [2.75, 3.05) is 25.4 Å². The number of nitriles is 1. The molecule has 204 valence electrons. The first-order chi connectivity index (χ1) is 18.7. The number of β-amino-alcohol motifs (C(OH)–C–C–N with tert-alkyl or cyclic N) is 1. The largest absolute Gasteiger partial charge is 0.490 e. The van der Waals surface area contributed by atoms with Crippen LogP contribution in [-0.4, -0.2) is 66.7 Å². The van der Waals surface area contributed by atoms with Gasteiger partial charge in [-0.25, -0.2) is 13.4 Å². The lowest BCUT2D eigenvalue weighted by molar-refractivity contribution is 0.0741. The number of rotatable bonds is 8. The molecule has 0 bridgehead atoms. The molecule has 1 N–H and O–H groups in total. The number of aliphatic hydroxyl groups excluding tert-OH is 1. The van der Waals surface area contributed by atoms with E-state index in [2.05, 4.69) is 15.5 Å². The monoisotopic (exact) mass is 564 g/mol. The molecule has 1 aliphatic heterocycles. The third kappa shape index (κ3) is 6.39. The zero-order chi connectivity index (χ0) is 27.6. The number of ether oxygens (including phenoxy) is 1. The second kappa shape index (κ2) is 11.6. The van der Waals surface area contributed by atoms with Crippen molar-refractivity contribution in [1.82, 2.24) is 9.88 Å². The fraction of sp³-hybridized carbons (Fsp3) is 0.414. The molecular formula is C29H32N4O4S2. The third-order valence-electron chi connectivity index (χ3n) is 6.97. The smallest absolute Gasteiger partial charge is 0.254 e. The fourth-order valence-electron chi connectivity index (χ4n) is 5.16. The number of benzene rings is 2. The van der Waals surface area contributed by atoms with Crippen LogP contribution in [0, 0.1) is 11.3 Å². The molecule has 3 aromatic rings. The highest BCUT2D eigenvalue weighted by molar-refractivity contribution is 7.90. The van der Waals surface area contributed by atoms with E-state index in [-0.39, 0.29) is 18.0 Å². The van der Waals surface area contributed by atoms with Gasteiger partial charge in [0.05, 0.1) is 34.1 Å². The number of nitrogens with zero attached hydrogens (tertiary/aromatic N) is 4. The van der Waals surface area contributed by atoms with Gasteiger partial charge < -0.3 is 9.84 Å². The SMILES string of the molecule is CC(C)Oc1ccc(-c2ncc(-c3cccc4c3CCC4=NS(=O)(=O)CCN3CCC[C@H](O)C3)s2)cc1C#N. The summed E-state index contributed by atoms with van der Waals surface area (Å²) < 4.78 is 35.7. The summed E-state index contributed by atoms with van der Waals surface area (Å²) in [5.74, 6) is 0.506. The van der Waals surface area contributed by atoms with Crippen LogP contribution in [0.4, 0.5) is 0 Å². The predicted molar refractivity (Wildman–Crippen MR) is 154 cm³/mol. The van der Waals surface area contributed by atoms with Gasteiger partial charge in [0, 0.05) is 30.4 Å². The van der Waals surface area contributed by atoms with Crippen molar-refractivity contribution in [3.8, 4) is 32.8 Å². The molecule has 0 amide bonds. The van der Waals surface area contributed by atoms with Gasteiger partial charge in [-0.3, -0.25) is 4.90 Å². The molecule has 2 aliphatic rings. The van der Waals surface area contributed by atoms with Gasteiger partial charge in [-0.1, -0.05) is 18.2 Å². The summed E-state index contributed by atoms with van der Waals surface area (Å²) in [6.07, 6.45) is 4.36. The zero-order valence-corrected chi connectivity index (χ0v) is 23.8. The Morgan fingerprint density at radius 3 is 2.85 bits per heavy atom. The Balaban J connectivity index is 1.36. The summed E-state index contributed by atoms with van der Waals surface area (Å²) in [7, 11) is -3.63. The van der Waals surface area contributed by atoms with Crippen LogP contribution in [-0.2, 0) is 16.4 Å². The molecule has 0 spiro atoms. The van der Waals surface area contributed by atoms with E-state index in [1.165, 1.54) is 11.3 Å². The molecule has 5 rings (SSSR count). The zero-order valence-electron chi connectivity index (χ0n) is 22.1. The summed E-state index contributed by atoms with van der Waals surface area (Å²) in [5, 5.41) is 20.2. The van der Waals surface area contributed by atoms with E-state index in [9.17, 15) is 18.8 Å². The molecule has 10 heteroatoms. The molecule has 1 fully saturated rings. The molecule has 1 atom stereocenters. The summed E-state index contributed by atoms with van der Waals surface area (Å²) >= 11 is 1.54. The number of aromatic nitrogens is 1. The van der Waals surface area contributed by atoms with E-state index in [0.717, 1.165) is 51.5 Å². The first-order valence-electron chi connectivity index (χ1n) is 13.2. The Hall–Kier alpha value is -3.10. The highest BCUT2D eigenvalue weighted by Crippen LogP contribution is 2.39. The van der Waals surface area contributed by atoms with Crippen molar-refractivity contribution in [3.05, 3.63) is 59.3 Å². The molecule has 0 radical (unpaired) electrons. The standard InChI is InChI=1S/C29H32N4O4S2/c1-19(2)37-27-11-8-20(15-21(27)16-30)29-31-17-28(38-29)25-7-3-6-24-23(25)9-10-26(24)32-39(35,36)14-13-33-12-4-5-22(34)18-33/h3,6-8,11,15,17,19,22,34H,4-5,9-10,12-14,18H2,1-2H3/t22-/m0/s1. The maximum Gasteiger partial charge on any atom is 0.254 e. The first kappa shape index (κ1) is 27.5. The maximum absolute atomic E-state index is 12.9. The third-order valence-corrected chi connectivity index (χ3v) is 9.25. The highest BCUT2D eigenvalue weighted by atomic mass is 32.2. The second-order valence-corrected chi connectivity index (χ2v) is 13.1. The molecule has 2 heterocycles. The van der Waals surface area contributed by atoms with Crippen molar-refractivity contribution in [1.29, 1.82) is 5.26 Å². The molecular weight excluding hydrogens is 532 g/mol. The van der Waals surface area contributed by atoms with Crippen LogP contribution in [0.5, 0.6) is 5.75 Å². The van der Waals surface area contributed by atoms with Gasteiger partial charge in [0.25, 0.3) is 10.0 Å². The Kier molecular flexibility index (Phi) is 8.14. The van der Waals surface area contributed by atoms with Crippen molar-refractivity contribution in [2.45, 2.75) is 51.7 Å². The number of thiazole rings is 1. The fourth-order valence-corrected chi connectivity index (χ4v) is 7.23. The van der Waals surface area contributed by atoms with E-state index < -0.39 is 10.0 Å². The predicted octanol–water partition coefficient (Wildman–Crippen LogP) is 4.66. The summed E-state index contributed by atoms with van der Waals surface area (Å²) in [6.45, 7) is 5.55. The van der Waals surface area contributed by atoms with Gasteiger partial charge in [-0.15, -0.1) is 11.3 Å². The normalized spacial score (nSPS) is 18.8. The van der Waals surface area contributed by atoms with Crippen molar-refractivity contribution in [2.24, 2.45) is 4.40 Å². The highest BCUT2D eigenvalue weighted by Gasteiger charge is 2.25. The minimum Gasteiger partial charge on any atom is -0.490 e.